The maximum Gasteiger partial charge on any atom is 0.416 e. The van der Waals surface area contributed by atoms with Gasteiger partial charge in [0.2, 0.25) is 11.8 Å². The Morgan fingerprint density at radius 2 is 1.80 bits per heavy atom. The monoisotopic (exact) mass is 513 g/mol. The molecule has 2 aromatic carbocycles. The van der Waals surface area contributed by atoms with Crippen molar-refractivity contribution in [2.24, 2.45) is 11.7 Å². The molecule has 2 N–H and O–H groups in total. The van der Waals surface area contributed by atoms with E-state index in [0.717, 1.165) is 12.1 Å². The molecule has 0 aliphatic carbocycles. The average molecular weight is 514 g/mol. The number of aryl methyl sites for hydroxylation is 1. The number of benzene rings is 2. The number of nitrogens with zero attached hydrogens (tertiary/aromatic N) is 2. The first-order valence-corrected chi connectivity index (χ1v) is 12.2. The van der Waals surface area contributed by atoms with Gasteiger partial charge in [-0.05, 0) is 55.7 Å². The number of carbonyl (C=O) groups excluding carboxylic acids is 2. The van der Waals surface area contributed by atoms with Crippen molar-refractivity contribution in [3.05, 3.63) is 53.6 Å². The maximum absolute atomic E-state index is 13.7. The number of carbonyl (C=O) groups is 2. The van der Waals surface area contributed by atoms with Crippen molar-refractivity contribution < 1.29 is 35.9 Å². The molecule has 0 atom stereocenters. The lowest BCUT2D eigenvalue weighted by atomic mass is 9.96. The molecule has 8 nitrogen and oxygen atoms in total. The Kier molecular flexibility index (Phi) is 7.63. The van der Waals surface area contributed by atoms with Crippen LogP contribution in [0.4, 0.5) is 18.9 Å². The van der Waals surface area contributed by atoms with Crippen molar-refractivity contribution in [1.82, 2.24) is 4.90 Å². The molecular weight excluding hydrogens is 487 g/mol. The van der Waals surface area contributed by atoms with Crippen molar-refractivity contribution >= 4 is 27.5 Å². The number of alkyl halides is 3. The van der Waals surface area contributed by atoms with Crippen molar-refractivity contribution in [3.63, 3.8) is 0 Å². The van der Waals surface area contributed by atoms with Gasteiger partial charge >= 0.3 is 6.18 Å². The molecule has 1 aliphatic heterocycles. The molecular formula is C23H26F3N3O5S. The normalized spacial score (nSPS) is 15.1. The molecule has 3 rings (SSSR count). The Bertz CT molecular complexity index is 1210. The Morgan fingerprint density at radius 3 is 2.37 bits per heavy atom. The molecule has 0 bridgehead atoms. The number of hydrogen-bond donors (Lipinski definition) is 1. The van der Waals surface area contributed by atoms with E-state index in [1.54, 1.807) is 13.0 Å². The highest BCUT2D eigenvalue weighted by Gasteiger charge is 2.35. The lowest BCUT2D eigenvalue weighted by molar-refractivity contribution is -0.137. The van der Waals surface area contributed by atoms with E-state index in [0.29, 0.717) is 28.8 Å². The van der Waals surface area contributed by atoms with Gasteiger partial charge in [0.15, 0.2) is 0 Å². The maximum atomic E-state index is 13.7. The van der Waals surface area contributed by atoms with Crippen LogP contribution in [-0.4, -0.2) is 51.9 Å². The molecule has 0 unspecified atom stereocenters. The number of hydrogen-bond acceptors (Lipinski definition) is 5. The van der Waals surface area contributed by atoms with Gasteiger partial charge in [0.25, 0.3) is 10.0 Å². The Hall–Kier alpha value is -3.28. The van der Waals surface area contributed by atoms with Gasteiger partial charge in [0, 0.05) is 19.0 Å². The van der Waals surface area contributed by atoms with Crippen LogP contribution in [0.3, 0.4) is 0 Å². The zero-order valence-corrected chi connectivity index (χ0v) is 20.0. The molecule has 1 aliphatic rings. The van der Waals surface area contributed by atoms with Crippen molar-refractivity contribution in [2.75, 3.05) is 31.0 Å². The molecule has 1 saturated heterocycles. The van der Waals surface area contributed by atoms with E-state index in [9.17, 15) is 31.2 Å². The third-order valence-corrected chi connectivity index (χ3v) is 7.67. The SMILES string of the molecule is COc1ccc(C)cc1S(=O)(=O)N(CC(=O)N1CCC(C(N)=O)CC1)c1cccc(C(F)(F)F)c1. The minimum Gasteiger partial charge on any atom is -0.495 e. The Labute approximate surface area is 201 Å². The van der Waals surface area contributed by atoms with E-state index < -0.39 is 40.1 Å². The Balaban J connectivity index is 2.03. The second-order valence-electron chi connectivity index (χ2n) is 8.27. The molecule has 2 amide bonds. The second kappa shape index (κ2) is 10.1. The third kappa shape index (κ3) is 5.87. The summed E-state index contributed by atoms with van der Waals surface area (Å²) in [5, 5.41) is 0. The quantitative estimate of drug-likeness (QED) is 0.612. The number of methoxy groups -OCH3 is 1. The summed E-state index contributed by atoms with van der Waals surface area (Å²) in [5.74, 6) is -1.49. The molecule has 0 aromatic heterocycles. The molecule has 0 spiro atoms. The molecule has 1 fully saturated rings. The number of rotatable bonds is 7. The minimum absolute atomic E-state index is 0.0118. The van der Waals surface area contributed by atoms with Crippen LogP contribution in [0.2, 0.25) is 0 Å². The number of halogens is 3. The first kappa shape index (κ1) is 26.3. The predicted octanol–water partition coefficient (Wildman–Crippen LogP) is 2.94. The number of nitrogens with two attached hydrogens (primary N) is 1. The van der Waals surface area contributed by atoms with Gasteiger partial charge < -0.3 is 15.4 Å². The van der Waals surface area contributed by atoms with Crippen LogP contribution in [0, 0.1) is 12.8 Å². The van der Waals surface area contributed by atoms with Crippen LogP contribution in [0.25, 0.3) is 0 Å². The highest BCUT2D eigenvalue weighted by atomic mass is 32.2. The first-order valence-electron chi connectivity index (χ1n) is 10.8. The number of amides is 2. The predicted molar refractivity (Wildman–Crippen MR) is 122 cm³/mol. The number of primary amides is 1. The van der Waals surface area contributed by atoms with Crippen molar-refractivity contribution in [3.8, 4) is 5.75 Å². The van der Waals surface area contributed by atoms with Gasteiger partial charge in [-0.15, -0.1) is 0 Å². The van der Waals surface area contributed by atoms with Gasteiger partial charge in [0.05, 0.1) is 18.4 Å². The van der Waals surface area contributed by atoms with Gasteiger partial charge in [-0.25, -0.2) is 8.42 Å². The molecule has 35 heavy (non-hydrogen) atoms. The summed E-state index contributed by atoms with van der Waals surface area (Å²) < 4.78 is 73.4. The van der Waals surface area contributed by atoms with Gasteiger partial charge in [0.1, 0.15) is 17.2 Å². The molecule has 190 valence electrons. The minimum atomic E-state index is -4.72. The van der Waals surface area contributed by atoms with Crippen LogP contribution in [-0.2, 0) is 25.8 Å². The Morgan fingerprint density at radius 1 is 1.14 bits per heavy atom. The van der Waals surface area contributed by atoms with E-state index in [1.165, 1.54) is 30.2 Å². The fourth-order valence-electron chi connectivity index (χ4n) is 3.89. The summed E-state index contributed by atoms with van der Waals surface area (Å²) >= 11 is 0. The molecule has 12 heteroatoms. The molecule has 0 radical (unpaired) electrons. The zero-order chi connectivity index (χ0) is 26.0. The van der Waals surface area contributed by atoms with Gasteiger partial charge in [-0.3, -0.25) is 13.9 Å². The molecule has 0 saturated carbocycles. The van der Waals surface area contributed by atoms with Gasteiger partial charge in [-0.2, -0.15) is 13.2 Å². The standard InChI is InChI=1S/C23H26F3N3O5S/c1-15-6-7-19(34-2)20(12-15)35(32,33)29(18-5-3-4-17(13-18)23(24,25)26)14-21(30)28-10-8-16(9-11-28)22(27)31/h3-7,12-13,16H,8-11,14H2,1-2H3,(H2,27,31). The third-order valence-electron chi connectivity index (χ3n) is 5.88. The van der Waals surface area contributed by atoms with E-state index in [2.05, 4.69) is 0 Å². The van der Waals surface area contributed by atoms with Crippen LogP contribution >= 0.6 is 0 Å². The fourth-order valence-corrected chi connectivity index (χ4v) is 5.54. The van der Waals surface area contributed by atoms with Crippen LogP contribution < -0.4 is 14.8 Å². The van der Waals surface area contributed by atoms with E-state index in [-0.39, 0.29) is 35.3 Å². The average Bonchev–Trinajstić information content (AvgIpc) is 2.81. The summed E-state index contributed by atoms with van der Waals surface area (Å²) in [6, 6.07) is 8.17. The van der Waals surface area contributed by atoms with E-state index in [1.807, 2.05) is 0 Å². The number of piperidine rings is 1. The van der Waals surface area contributed by atoms with Crippen LogP contribution in [0.15, 0.2) is 47.4 Å². The lowest BCUT2D eigenvalue weighted by Gasteiger charge is -2.33. The molecule has 1 heterocycles. The van der Waals surface area contributed by atoms with Gasteiger partial charge in [-0.1, -0.05) is 12.1 Å². The number of anilines is 1. The summed E-state index contributed by atoms with van der Waals surface area (Å²) in [7, 11) is -3.25. The first-order chi connectivity index (χ1) is 16.3. The fraction of sp³-hybridized carbons (Fsp3) is 0.391. The highest BCUT2D eigenvalue weighted by molar-refractivity contribution is 7.93. The number of sulfonamides is 1. The summed E-state index contributed by atoms with van der Waals surface area (Å²) in [4.78, 5) is 25.6. The van der Waals surface area contributed by atoms with E-state index >= 15 is 0 Å². The number of ether oxygens (including phenoxy) is 1. The summed E-state index contributed by atoms with van der Waals surface area (Å²) in [6.07, 6.45) is -4.07. The largest absolute Gasteiger partial charge is 0.495 e. The summed E-state index contributed by atoms with van der Waals surface area (Å²) in [6.45, 7) is 1.27. The highest BCUT2D eigenvalue weighted by Crippen LogP contribution is 2.35. The second-order valence-corrected chi connectivity index (χ2v) is 10.1. The van der Waals surface area contributed by atoms with E-state index in [4.69, 9.17) is 10.5 Å². The summed E-state index contributed by atoms with van der Waals surface area (Å²) in [5.41, 5.74) is 4.53. The van der Waals surface area contributed by atoms with Crippen molar-refractivity contribution in [1.29, 1.82) is 0 Å². The lowest BCUT2D eigenvalue weighted by Crippen LogP contribution is -2.47. The van der Waals surface area contributed by atoms with Crippen LogP contribution in [0.5, 0.6) is 5.75 Å². The topological polar surface area (TPSA) is 110 Å². The number of likely N-dealkylation sites (tertiary alicyclic amines) is 1. The zero-order valence-electron chi connectivity index (χ0n) is 19.2. The van der Waals surface area contributed by atoms with Crippen molar-refractivity contribution in [2.45, 2.75) is 30.8 Å². The van der Waals surface area contributed by atoms with Crippen LogP contribution in [0.1, 0.15) is 24.0 Å². The smallest absolute Gasteiger partial charge is 0.416 e. The molecule has 2 aromatic rings.